The van der Waals surface area contributed by atoms with Crippen molar-refractivity contribution in [3.8, 4) is 0 Å². The number of carbonyl (C=O) groups is 1. The van der Waals surface area contributed by atoms with Crippen LogP contribution in [0.2, 0.25) is 0 Å². The second-order valence-electron chi connectivity index (χ2n) is 5.05. The number of carboxylic acids is 1. The van der Waals surface area contributed by atoms with Crippen molar-refractivity contribution in [3.63, 3.8) is 0 Å². The molecule has 0 aromatic heterocycles. The fraction of sp³-hybridized carbons (Fsp3) is 0.857. The summed E-state index contributed by atoms with van der Waals surface area (Å²) in [5.74, 6) is -3.66. The van der Waals surface area contributed by atoms with Crippen molar-refractivity contribution in [2.45, 2.75) is 19.9 Å². The first-order valence-electron chi connectivity index (χ1n) is 6.13. The Morgan fingerprint density at radius 2 is 0.923 bits per heavy atom. The van der Waals surface area contributed by atoms with Gasteiger partial charge in [0, 0.05) is 0 Å². The molecule has 160 valence electrons. The van der Waals surface area contributed by atoms with E-state index in [2.05, 4.69) is 0 Å². The smallest absolute Gasteiger partial charge is 0.337 e. The Bertz CT molecular complexity index is 527. The monoisotopic (exact) mass is 469 g/mol. The normalized spacial score (nSPS) is 13.8. The second kappa shape index (κ2) is 11.8. The molecule has 19 heteroatoms. The van der Waals surface area contributed by atoms with Gasteiger partial charge in [-0.25, -0.2) is 0 Å². The Hall–Kier alpha value is 0.0300. The number of aliphatic carboxylic acids is 1. The van der Waals surface area contributed by atoms with E-state index in [1.54, 1.807) is 13.8 Å². The van der Waals surface area contributed by atoms with Gasteiger partial charge in [0.1, 0.15) is 6.04 Å². The molecule has 1 atom stereocenters. The minimum absolute atomic E-state index is 0.0208. The number of hydrogen-bond acceptors (Lipinski definition) is 6. The summed E-state index contributed by atoms with van der Waals surface area (Å²) >= 11 is 0. The SMILES string of the molecule is CC(C)[C@H](N)C(=O)O.O=P(O)(O)CP(=O)(O)O.O=P(O)(O)CP(=O)(O)O. The first-order valence-corrected chi connectivity index (χ1v) is 13.3. The van der Waals surface area contributed by atoms with Crippen LogP contribution in [0.25, 0.3) is 0 Å². The standard InChI is InChI=1S/C5H11NO2.2CH6O6P2/c1-3(2)4(6)5(7)8;2*2-8(3,4)1-9(5,6)7/h3-4H,6H2,1-2H3,(H,7,8);2*1H2,(H2,2,3,4)(H2,5,6,7)/t4-;;/m0../s1. The average Bonchev–Trinajstić information content (AvgIpc) is 2.18. The van der Waals surface area contributed by atoms with E-state index < -0.39 is 54.2 Å². The molecule has 0 fully saturated rings. The van der Waals surface area contributed by atoms with Crippen molar-refractivity contribution in [3.05, 3.63) is 0 Å². The fourth-order valence-electron chi connectivity index (χ4n) is 0.765. The fourth-order valence-corrected chi connectivity index (χ4v) is 4.60. The molecule has 0 aliphatic rings. The van der Waals surface area contributed by atoms with Crippen molar-refractivity contribution in [2.75, 3.05) is 11.8 Å². The van der Waals surface area contributed by atoms with Crippen LogP contribution >= 0.6 is 30.4 Å². The van der Waals surface area contributed by atoms with Gasteiger partial charge in [0.15, 0.2) is 11.8 Å². The highest BCUT2D eigenvalue weighted by atomic mass is 31.2. The molecule has 0 bridgehead atoms. The second-order valence-corrected chi connectivity index (χ2v) is 12.6. The number of carboxylic acid groups (broad SMARTS) is 1. The van der Waals surface area contributed by atoms with Crippen LogP contribution in [0.4, 0.5) is 0 Å². The molecule has 0 radical (unpaired) electrons. The van der Waals surface area contributed by atoms with E-state index >= 15 is 0 Å². The lowest BCUT2D eigenvalue weighted by Gasteiger charge is -2.07. The predicted molar refractivity (Wildman–Crippen MR) is 88.4 cm³/mol. The number of rotatable bonds is 6. The molecular formula is C7H23NO14P4. The lowest BCUT2D eigenvalue weighted by molar-refractivity contribution is -0.139. The van der Waals surface area contributed by atoms with Gasteiger partial charge < -0.3 is 50.0 Å². The molecule has 0 rings (SSSR count). The highest BCUT2D eigenvalue weighted by Gasteiger charge is 2.27. The van der Waals surface area contributed by atoms with Gasteiger partial charge in [-0.2, -0.15) is 0 Å². The minimum atomic E-state index is -4.55. The Kier molecular flexibility index (Phi) is 13.9. The molecular weight excluding hydrogens is 446 g/mol. The molecule has 0 aromatic carbocycles. The Balaban J connectivity index is -0.000000306. The van der Waals surface area contributed by atoms with Crippen LogP contribution in [0.1, 0.15) is 13.8 Å². The summed E-state index contributed by atoms with van der Waals surface area (Å²) in [5, 5.41) is 8.23. The van der Waals surface area contributed by atoms with E-state index in [4.69, 9.17) is 50.0 Å². The van der Waals surface area contributed by atoms with Gasteiger partial charge in [-0.3, -0.25) is 23.1 Å². The molecule has 0 spiro atoms. The molecule has 0 heterocycles. The zero-order valence-electron chi connectivity index (χ0n) is 13.5. The summed E-state index contributed by atoms with van der Waals surface area (Å²) in [7, 11) is -18.2. The maximum atomic E-state index is 10.0. The van der Waals surface area contributed by atoms with Crippen LogP contribution in [-0.4, -0.2) is 68.1 Å². The van der Waals surface area contributed by atoms with Crippen molar-refractivity contribution in [2.24, 2.45) is 11.7 Å². The van der Waals surface area contributed by atoms with Gasteiger partial charge in [-0.05, 0) is 5.92 Å². The molecule has 0 unspecified atom stereocenters. The molecule has 26 heavy (non-hydrogen) atoms. The van der Waals surface area contributed by atoms with Crippen LogP contribution in [0, 0.1) is 5.92 Å². The van der Waals surface area contributed by atoms with Crippen molar-refractivity contribution < 1.29 is 67.3 Å². The van der Waals surface area contributed by atoms with Crippen LogP contribution in [0.15, 0.2) is 0 Å². The first-order chi connectivity index (χ1) is 11.0. The van der Waals surface area contributed by atoms with E-state index in [1.165, 1.54) is 0 Å². The number of hydrogen-bond donors (Lipinski definition) is 10. The summed E-state index contributed by atoms with van der Waals surface area (Å²) < 4.78 is 39.4. The van der Waals surface area contributed by atoms with Crippen molar-refractivity contribution in [1.29, 1.82) is 0 Å². The lowest BCUT2D eigenvalue weighted by atomic mass is 10.1. The molecule has 11 N–H and O–H groups in total. The molecule has 0 saturated carbocycles. The Morgan fingerprint density at radius 1 is 0.731 bits per heavy atom. The Morgan fingerprint density at radius 3 is 0.923 bits per heavy atom. The third-order valence-corrected chi connectivity index (χ3v) is 7.64. The van der Waals surface area contributed by atoms with E-state index in [0.29, 0.717) is 0 Å². The summed E-state index contributed by atoms with van der Waals surface area (Å²) in [6, 6.07) is -0.713. The average molecular weight is 469 g/mol. The first kappa shape index (κ1) is 30.7. The van der Waals surface area contributed by atoms with Gasteiger partial charge in [-0.15, -0.1) is 0 Å². The zero-order valence-corrected chi connectivity index (χ0v) is 17.1. The van der Waals surface area contributed by atoms with Gasteiger partial charge in [0.2, 0.25) is 0 Å². The molecule has 15 nitrogen and oxygen atoms in total. The van der Waals surface area contributed by atoms with E-state index in [0.717, 1.165) is 0 Å². The van der Waals surface area contributed by atoms with Gasteiger partial charge in [-0.1, -0.05) is 13.8 Å². The van der Waals surface area contributed by atoms with Crippen molar-refractivity contribution >= 4 is 36.4 Å². The molecule has 0 aliphatic carbocycles. The van der Waals surface area contributed by atoms with Crippen LogP contribution < -0.4 is 5.73 Å². The Labute approximate surface area is 147 Å². The van der Waals surface area contributed by atoms with Crippen LogP contribution in [0.5, 0.6) is 0 Å². The highest BCUT2D eigenvalue weighted by molar-refractivity contribution is 7.69. The maximum Gasteiger partial charge on any atom is 0.337 e. The lowest BCUT2D eigenvalue weighted by Crippen LogP contribution is -2.34. The van der Waals surface area contributed by atoms with Crippen molar-refractivity contribution in [1.82, 2.24) is 0 Å². The highest BCUT2D eigenvalue weighted by Crippen LogP contribution is 2.52. The summed E-state index contributed by atoms with van der Waals surface area (Å²) in [5.41, 5.74) is 5.16. The number of nitrogens with two attached hydrogens (primary N) is 1. The molecule has 0 aromatic rings. The maximum absolute atomic E-state index is 10.0. The topological polar surface area (TPSA) is 293 Å². The molecule has 0 amide bonds. The van der Waals surface area contributed by atoms with Crippen LogP contribution in [-0.2, 0) is 23.1 Å². The quantitative estimate of drug-likeness (QED) is 0.201. The third-order valence-electron chi connectivity index (χ3n) is 1.74. The predicted octanol–water partition coefficient (Wildman–Crippen LogP) is -1.35. The minimum Gasteiger partial charge on any atom is -0.480 e. The summed E-state index contributed by atoms with van der Waals surface area (Å²) in [4.78, 5) is 73.8. The van der Waals surface area contributed by atoms with E-state index in [1.807, 2.05) is 0 Å². The zero-order chi connectivity index (χ0) is 22.1. The molecule has 0 aliphatic heterocycles. The van der Waals surface area contributed by atoms with Gasteiger partial charge in [0.05, 0.1) is 0 Å². The molecule has 0 saturated heterocycles. The van der Waals surface area contributed by atoms with Crippen LogP contribution in [0.3, 0.4) is 0 Å². The van der Waals surface area contributed by atoms with E-state index in [-0.39, 0.29) is 5.92 Å². The third kappa shape index (κ3) is 31.8. The van der Waals surface area contributed by atoms with Gasteiger partial charge in [0.25, 0.3) is 0 Å². The van der Waals surface area contributed by atoms with E-state index in [9.17, 15) is 23.1 Å². The summed E-state index contributed by atoms with van der Waals surface area (Å²) in [6.45, 7) is 3.55. The largest absolute Gasteiger partial charge is 0.480 e. The summed E-state index contributed by atoms with van der Waals surface area (Å²) in [6.07, 6.45) is 0. The van der Waals surface area contributed by atoms with Gasteiger partial charge >= 0.3 is 36.4 Å².